The average molecular weight is 726 g/mol. The molecular formula is C38H48ClN3O7S. The highest BCUT2D eigenvalue weighted by molar-refractivity contribution is 7.90. The molecule has 1 saturated carbocycles. The van der Waals surface area contributed by atoms with Gasteiger partial charge in [0.25, 0.3) is 15.9 Å². The Balaban J connectivity index is 1.27. The zero-order chi connectivity index (χ0) is 35.3. The van der Waals surface area contributed by atoms with Crippen LogP contribution in [0.1, 0.15) is 70.4 Å². The maximum Gasteiger partial charge on any atom is 0.410 e. The van der Waals surface area contributed by atoms with Gasteiger partial charge in [-0.25, -0.2) is 17.9 Å². The quantitative estimate of drug-likeness (QED) is 0.362. The van der Waals surface area contributed by atoms with Crippen molar-refractivity contribution >= 4 is 39.3 Å². The summed E-state index contributed by atoms with van der Waals surface area (Å²) >= 11 is 6.44. The Morgan fingerprint density at radius 2 is 1.96 bits per heavy atom. The van der Waals surface area contributed by atoms with Crippen molar-refractivity contribution in [3.63, 3.8) is 0 Å². The molecule has 5 atom stereocenters. The van der Waals surface area contributed by atoms with E-state index in [4.69, 9.17) is 25.8 Å². The molecule has 2 amide bonds. The van der Waals surface area contributed by atoms with Gasteiger partial charge in [-0.05, 0) is 112 Å². The molecule has 0 radical (unpaired) electrons. The van der Waals surface area contributed by atoms with Crippen LogP contribution in [0.25, 0.3) is 0 Å². The van der Waals surface area contributed by atoms with Crippen LogP contribution in [0.15, 0.2) is 53.4 Å². The van der Waals surface area contributed by atoms with Crippen molar-refractivity contribution in [2.24, 2.45) is 17.8 Å². The Morgan fingerprint density at radius 1 is 1.12 bits per heavy atom. The molecule has 12 heteroatoms. The monoisotopic (exact) mass is 725 g/mol. The van der Waals surface area contributed by atoms with E-state index in [0.717, 1.165) is 44.9 Å². The molecule has 3 heterocycles. The van der Waals surface area contributed by atoms with Crippen molar-refractivity contribution < 1.29 is 32.2 Å². The fourth-order valence-electron chi connectivity index (χ4n) is 8.41. The van der Waals surface area contributed by atoms with Crippen LogP contribution in [0.5, 0.6) is 5.75 Å². The zero-order valence-electron chi connectivity index (χ0n) is 29.2. The van der Waals surface area contributed by atoms with Crippen LogP contribution in [-0.4, -0.2) is 76.4 Å². The lowest BCUT2D eigenvalue weighted by atomic mass is 9.68. The number of carbonyl (C=O) groups excluding carboxylic acids is 2. The molecule has 5 aliphatic rings. The second-order valence-electron chi connectivity index (χ2n) is 15.3. The minimum atomic E-state index is -4.23. The molecule has 1 N–H and O–H groups in total. The number of nitrogens with zero attached hydrogens (tertiary/aromatic N) is 2. The molecule has 2 bridgehead atoms. The molecule has 7 rings (SSSR count). The molecule has 2 aliphatic carbocycles. The fourth-order valence-corrected chi connectivity index (χ4v) is 9.72. The number of ether oxygens (including phenoxy) is 3. The summed E-state index contributed by atoms with van der Waals surface area (Å²) in [5.74, 6) is 0.522. The summed E-state index contributed by atoms with van der Waals surface area (Å²) in [6, 6.07) is 10.9. The number of benzene rings is 2. The number of sulfonamides is 1. The van der Waals surface area contributed by atoms with Gasteiger partial charge >= 0.3 is 6.09 Å². The predicted octanol–water partition coefficient (Wildman–Crippen LogP) is 6.25. The Hall–Kier alpha value is -3.28. The third-order valence-electron chi connectivity index (χ3n) is 11.7. The van der Waals surface area contributed by atoms with Crippen molar-refractivity contribution in [2.75, 3.05) is 44.3 Å². The number of halogens is 1. The van der Waals surface area contributed by atoms with Gasteiger partial charge in [0, 0.05) is 42.5 Å². The summed E-state index contributed by atoms with van der Waals surface area (Å²) in [4.78, 5) is 30.8. The van der Waals surface area contributed by atoms with Crippen LogP contribution >= 0.6 is 11.6 Å². The minimum Gasteiger partial charge on any atom is -0.490 e. The summed E-state index contributed by atoms with van der Waals surface area (Å²) in [7, 11) is -4.23. The van der Waals surface area contributed by atoms with E-state index in [1.165, 1.54) is 31.0 Å². The van der Waals surface area contributed by atoms with Gasteiger partial charge in [0.1, 0.15) is 17.5 Å². The zero-order valence-corrected chi connectivity index (χ0v) is 30.7. The van der Waals surface area contributed by atoms with Gasteiger partial charge in [0.15, 0.2) is 0 Å². The average Bonchev–Trinajstić information content (AvgIpc) is 3.50. The molecule has 0 unspecified atom stereocenters. The number of rotatable bonds is 2. The van der Waals surface area contributed by atoms with Gasteiger partial charge in [0.2, 0.25) is 0 Å². The molecular weight excluding hydrogens is 678 g/mol. The lowest BCUT2D eigenvalue weighted by Gasteiger charge is -2.46. The van der Waals surface area contributed by atoms with Gasteiger partial charge in [0.05, 0.1) is 23.8 Å². The number of hydrogen-bond acceptors (Lipinski definition) is 8. The Kier molecular flexibility index (Phi) is 9.62. The molecule has 270 valence electrons. The topological polar surface area (TPSA) is 114 Å². The minimum absolute atomic E-state index is 0.0271. The molecule has 3 aliphatic heterocycles. The van der Waals surface area contributed by atoms with Gasteiger partial charge in [-0.1, -0.05) is 37.1 Å². The van der Waals surface area contributed by atoms with Crippen LogP contribution in [0, 0.1) is 17.8 Å². The van der Waals surface area contributed by atoms with Crippen LogP contribution < -0.4 is 14.4 Å². The van der Waals surface area contributed by atoms with Crippen molar-refractivity contribution in [2.45, 2.75) is 87.7 Å². The van der Waals surface area contributed by atoms with E-state index in [2.05, 4.69) is 28.7 Å². The summed E-state index contributed by atoms with van der Waals surface area (Å²) in [5.41, 5.74) is 1.30. The number of likely N-dealkylation sites (tertiary alicyclic amines) is 1. The van der Waals surface area contributed by atoms with E-state index >= 15 is 0 Å². The smallest absolute Gasteiger partial charge is 0.410 e. The van der Waals surface area contributed by atoms with Crippen molar-refractivity contribution in [1.29, 1.82) is 0 Å². The highest BCUT2D eigenvalue weighted by Gasteiger charge is 2.45. The number of fused-ring (bicyclic) bond motifs is 4. The first-order chi connectivity index (χ1) is 23.9. The van der Waals surface area contributed by atoms with E-state index in [1.807, 2.05) is 17.0 Å². The highest BCUT2D eigenvalue weighted by Crippen LogP contribution is 2.47. The molecule has 0 aromatic heterocycles. The number of aryl methyl sites for hydroxylation is 1. The second kappa shape index (κ2) is 13.7. The van der Waals surface area contributed by atoms with E-state index in [-0.39, 0.29) is 34.8 Å². The molecule has 50 heavy (non-hydrogen) atoms. The SMILES string of the molecule is CC[C@H]1CCN(C(=O)O[C@H]2/C=C/COC(C)(C)C(=O)NS(=O)(=O)c3ccc4c(c3)N(C[C@@H]3CC[C@H]32)C[C@@]2(CCCc3cc(Cl)ccc32)CO4)C1. The number of nitrogens with one attached hydrogen (secondary N) is 1. The van der Waals surface area contributed by atoms with Crippen molar-refractivity contribution in [3.05, 3.63) is 64.7 Å². The van der Waals surface area contributed by atoms with Gasteiger partial charge in [-0.2, -0.15) is 0 Å². The Morgan fingerprint density at radius 3 is 2.72 bits per heavy atom. The van der Waals surface area contributed by atoms with Crippen LogP contribution in [0.4, 0.5) is 10.5 Å². The Bertz CT molecular complexity index is 1780. The first-order valence-corrected chi connectivity index (χ1v) is 19.9. The van der Waals surface area contributed by atoms with Crippen molar-refractivity contribution in [3.8, 4) is 5.75 Å². The summed E-state index contributed by atoms with van der Waals surface area (Å²) in [5, 5.41) is 0.708. The van der Waals surface area contributed by atoms with Gasteiger partial charge < -0.3 is 24.0 Å². The number of amides is 2. The maximum absolute atomic E-state index is 13.7. The van der Waals surface area contributed by atoms with E-state index in [0.29, 0.717) is 55.2 Å². The van der Waals surface area contributed by atoms with Crippen LogP contribution in [-0.2, 0) is 36.1 Å². The third kappa shape index (κ3) is 6.85. The van der Waals surface area contributed by atoms with E-state index in [9.17, 15) is 18.0 Å². The first-order valence-electron chi connectivity index (χ1n) is 18.0. The van der Waals surface area contributed by atoms with Crippen LogP contribution in [0.3, 0.4) is 0 Å². The number of anilines is 1. The standard InChI is InChI=1S/C38H48ClN3O7S/c1-4-25-15-17-41(21-25)36(44)49-33-8-6-18-48-37(2,3)35(43)40-50(45,46)29-11-14-34-32(20-29)42(22-27-9-12-30(27)33)23-38(24-47-34)16-5-7-26-19-28(39)10-13-31(26)38/h6,8,10-11,13-14,19-20,25,27,30,33H,4-5,7,9,12,15-18,21-24H2,1-3H3,(H,40,43)/b8-6+/t25-,27-,30+,33-,38-/m0/s1. The lowest BCUT2D eigenvalue weighted by molar-refractivity contribution is -0.139. The lowest BCUT2D eigenvalue weighted by Crippen LogP contribution is -2.50. The fraction of sp³-hybridized carbons (Fsp3) is 0.579. The molecule has 2 fully saturated rings. The molecule has 1 spiro atoms. The summed E-state index contributed by atoms with van der Waals surface area (Å²) in [6.07, 6.45) is 9.56. The first kappa shape index (κ1) is 35.1. The third-order valence-corrected chi connectivity index (χ3v) is 13.2. The van der Waals surface area contributed by atoms with E-state index < -0.39 is 27.6 Å². The predicted molar refractivity (Wildman–Crippen MR) is 191 cm³/mol. The number of hydrogen-bond donors (Lipinski definition) is 1. The summed E-state index contributed by atoms with van der Waals surface area (Å²) < 4.78 is 48.3. The second-order valence-corrected chi connectivity index (χ2v) is 17.4. The highest BCUT2D eigenvalue weighted by atomic mass is 35.5. The van der Waals surface area contributed by atoms with E-state index in [1.54, 1.807) is 18.2 Å². The number of carbonyl (C=O) groups is 2. The normalized spacial score (nSPS) is 30.9. The molecule has 2 aromatic rings. The van der Waals surface area contributed by atoms with Crippen LogP contribution in [0.2, 0.25) is 5.02 Å². The summed E-state index contributed by atoms with van der Waals surface area (Å²) in [6.45, 7) is 8.33. The molecule has 1 saturated heterocycles. The maximum atomic E-state index is 13.7. The largest absolute Gasteiger partial charge is 0.490 e. The van der Waals surface area contributed by atoms with Crippen molar-refractivity contribution in [1.82, 2.24) is 9.62 Å². The Labute approximate surface area is 300 Å². The van der Waals surface area contributed by atoms with Gasteiger partial charge in [-0.15, -0.1) is 0 Å². The molecule has 2 aromatic carbocycles. The molecule has 10 nitrogen and oxygen atoms in total. The van der Waals surface area contributed by atoms with Gasteiger partial charge in [-0.3, -0.25) is 4.79 Å².